The van der Waals surface area contributed by atoms with Crippen molar-refractivity contribution in [3.63, 3.8) is 0 Å². The smallest absolute Gasteiger partial charge is 0.194 e. The third-order valence-electron chi connectivity index (χ3n) is 3.25. The molecule has 20 heavy (non-hydrogen) atoms. The Hall–Kier alpha value is -1.47. The van der Waals surface area contributed by atoms with Gasteiger partial charge in [-0.3, -0.25) is 0 Å². The molecule has 0 aromatic heterocycles. The van der Waals surface area contributed by atoms with Gasteiger partial charge in [-0.05, 0) is 30.9 Å². The minimum Gasteiger partial charge on any atom is -0.380 e. The molecule has 1 aromatic rings. The quantitative estimate of drug-likeness (QED) is 0.639. The SMILES string of the molecule is CCCCC(CC)C(O)C#Cc1cc(F)c(F)c(F)c1. The van der Waals surface area contributed by atoms with Crippen molar-refractivity contribution in [1.29, 1.82) is 0 Å². The van der Waals surface area contributed by atoms with Gasteiger partial charge in [0.2, 0.25) is 0 Å². The van der Waals surface area contributed by atoms with Gasteiger partial charge in [0.15, 0.2) is 17.5 Å². The van der Waals surface area contributed by atoms with Crippen LogP contribution in [0.4, 0.5) is 13.2 Å². The van der Waals surface area contributed by atoms with Gasteiger partial charge < -0.3 is 5.11 Å². The van der Waals surface area contributed by atoms with Gasteiger partial charge in [-0.25, -0.2) is 13.2 Å². The second-order valence-corrected chi connectivity index (χ2v) is 4.78. The van der Waals surface area contributed by atoms with Crippen LogP contribution in [0, 0.1) is 35.2 Å². The maximum atomic E-state index is 13.0. The molecule has 2 unspecified atom stereocenters. The molecule has 1 aromatic carbocycles. The van der Waals surface area contributed by atoms with Crippen LogP contribution in [0.25, 0.3) is 0 Å². The molecule has 1 N–H and O–H groups in total. The Bertz CT molecular complexity index is 479. The fraction of sp³-hybridized carbons (Fsp3) is 0.500. The lowest BCUT2D eigenvalue weighted by molar-refractivity contribution is 0.150. The van der Waals surface area contributed by atoms with E-state index >= 15 is 0 Å². The van der Waals surface area contributed by atoms with E-state index in [0.29, 0.717) is 0 Å². The number of aliphatic hydroxyl groups excluding tert-OH is 1. The molecule has 0 radical (unpaired) electrons. The number of rotatable bonds is 5. The summed E-state index contributed by atoms with van der Waals surface area (Å²) in [5.74, 6) is 1.06. The number of hydrogen-bond donors (Lipinski definition) is 1. The third kappa shape index (κ3) is 4.57. The predicted octanol–water partition coefficient (Wildman–Crippen LogP) is 4.03. The minimum absolute atomic E-state index is 0.0193. The van der Waals surface area contributed by atoms with Crippen molar-refractivity contribution in [2.24, 2.45) is 5.92 Å². The van der Waals surface area contributed by atoms with Crippen LogP contribution in [0.1, 0.15) is 45.1 Å². The second-order valence-electron chi connectivity index (χ2n) is 4.78. The molecular formula is C16H19F3O. The molecule has 0 aliphatic heterocycles. The van der Waals surface area contributed by atoms with E-state index in [4.69, 9.17) is 0 Å². The zero-order chi connectivity index (χ0) is 15.1. The fourth-order valence-electron chi connectivity index (χ4n) is 1.95. The molecular weight excluding hydrogens is 265 g/mol. The van der Waals surface area contributed by atoms with E-state index in [2.05, 4.69) is 18.8 Å². The van der Waals surface area contributed by atoms with Gasteiger partial charge >= 0.3 is 0 Å². The van der Waals surface area contributed by atoms with Gasteiger partial charge in [0.1, 0.15) is 6.10 Å². The van der Waals surface area contributed by atoms with Gasteiger partial charge in [0.05, 0.1) is 0 Å². The van der Waals surface area contributed by atoms with E-state index in [1.54, 1.807) is 0 Å². The summed E-state index contributed by atoms with van der Waals surface area (Å²) in [6.45, 7) is 4.03. The highest BCUT2D eigenvalue weighted by Crippen LogP contribution is 2.17. The van der Waals surface area contributed by atoms with Crippen LogP contribution in [0.2, 0.25) is 0 Å². The average molecular weight is 284 g/mol. The zero-order valence-corrected chi connectivity index (χ0v) is 11.7. The maximum Gasteiger partial charge on any atom is 0.194 e. The van der Waals surface area contributed by atoms with Crippen LogP contribution >= 0.6 is 0 Å². The first-order chi connectivity index (χ1) is 9.49. The van der Waals surface area contributed by atoms with Gasteiger partial charge in [-0.2, -0.15) is 0 Å². The lowest BCUT2D eigenvalue weighted by Crippen LogP contribution is -2.17. The average Bonchev–Trinajstić information content (AvgIpc) is 2.43. The molecule has 2 atom stereocenters. The largest absolute Gasteiger partial charge is 0.380 e. The molecule has 0 saturated carbocycles. The highest BCUT2D eigenvalue weighted by atomic mass is 19.2. The first-order valence-electron chi connectivity index (χ1n) is 6.83. The Balaban J connectivity index is 2.82. The molecule has 0 fully saturated rings. The van der Waals surface area contributed by atoms with Crippen LogP contribution < -0.4 is 0 Å². The van der Waals surface area contributed by atoms with Gasteiger partial charge in [-0.15, -0.1) is 0 Å². The van der Waals surface area contributed by atoms with Crippen molar-refractivity contribution in [3.8, 4) is 11.8 Å². The van der Waals surface area contributed by atoms with Crippen molar-refractivity contribution in [1.82, 2.24) is 0 Å². The maximum absolute atomic E-state index is 13.0. The van der Waals surface area contributed by atoms with E-state index in [1.807, 2.05) is 6.92 Å². The van der Waals surface area contributed by atoms with Crippen molar-refractivity contribution >= 4 is 0 Å². The van der Waals surface area contributed by atoms with Crippen molar-refractivity contribution in [2.45, 2.75) is 45.6 Å². The summed E-state index contributed by atoms with van der Waals surface area (Å²) in [4.78, 5) is 0. The van der Waals surface area contributed by atoms with Gasteiger partial charge in [0, 0.05) is 5.56 Å². The van der Waals surface area contributed by atoms with Gasteiger partial charge in [0.25, 0.3) is 0 Å². The molecule has 0 saturated heterocycles. The number of unbranched alkanes of at least 4 members (excludes halogenated alkanes) is 1. The minimum atomic E-state index is -1.51. The Morgan fingerprint density at radius 3 is 2.25 bits per heavy atom. The molecule has 1 rings (SSSR count). The molecule has 0 spiro atoms. The third-order valence-corrected chi connectivity index (χ3v) is 3.25. The van der Waals surface area contributed by atoms with Crippen LogP contribution in [0.3, 0.4) is 0 Å². The Morgan fingerprint density at radius 1 is 1.15 bits per heavy atom. The molecule has 0 amide bonds. The Kier molecular flexibility index (Phi) is 6.60. The number of benzene rings is 1. The van der Waals surface area contributed by atoms with E-state index in [1.165, 1.54) is 0 Å². The van der Waals surface area contributed by atoms with Crippen molar-refractivity contribution < 1.29 is 18.3 Å². The molecule has 110 valence electrons. The molecule has 0 bridgehead atoms. The molecule has 4 heteroatoms. The van der Waals surface area contributed by atoms with E-state index in [-0.39, 0.29) is 11.5 Å². The number of halogens is 3. The second kappa shape index (κ2) is 7.96. The standard InChI is InChI=1S/C16H19F3O/c1-3-5-6-12(4-2)15(20)8-7-11-9-13(17)16(19)14(18)10-11/h9-10,12,15,20H,3-6H2,1-2H3. The highest BCUT2D eigenvalue weighted by Gasteiger charge is 2.14. The van der Waals surface area contributed by atoms with E-state index < -0.39 is 23.6 Å². The van der Waals surface area contributed by atoms with E-state index in [9.17, 15) is 18.3 Å². The highest BCUT2D eigenvalue weighted by molar-refractivity contribution is 5.36. The van der Waals surface area contributed by atoms with Gasteiger partial charge in [-0.1, -0.05) is 38.5 Å². The summed E-state index contributed by atoms with van der Waals surface area (Å²) in [6.07, 6.45) is 2.82. The molecule has 0 aliphatic carbocycles. The first kappa shape index (κ1) is 16.6. The molecule has 1 nitrogen and oxygen atoms in total. The summed E-state index contributed by atoms with van der Waals surface area (Å²) in [7, 11) is 0. The van der Waals surface area contributed by atoms with Crippen molar-refractivity contribution in [2.75, 3.05) is 0 Å². The van der Waals surface area contributed by atoms with E-state index in [0.717, 1.165) is 37.8 Å². The number of aliphatic hydroxyl groups is 1. The lowest BCUT2D eigenvalue weighted by atomic mass is 9.93. The summed E-state index contributed by atoms with van der Waals surface area (Å²) in [5, 5.41) is 9.95. The zero-order valence-electron chi connectivity index (χ0n) is 11.7. The van der Waals surface area contributed by atoms with Crippen molar-refractivity contribution in [3.05, 3.63) is 35.1 Å². The first-order valence-corrected chi connectivity index (χ1v) is 6.83. The summed E-state index contributed by atoms with van der Waals surface area (Å²) in [6, 6.07) is 1.65. The van der Waals surface area contributed by atoms with Crippen LogP contribution in [0.5, 0.6) is 0 Å². The fourth-order valence-corrected chi connectivity index (χ4v) is 1.95. The summed E-state index contributed by atoms with van der Waals surface area (Å²) < 4.78 is 38.8. The van der Waals surface area contributed by atoms with Crippen LogP contribution in [-0.2, 0) is 0 Å². The Labute approximate surface area is 117 Å². The normalized spacial score (nSPS) is 13.5. The summed E-state index contributed by atoms with van der Waals surface area (Å²) in [5.41, 5.74) is 0.0193. The van der Waals surface area contributed by atoms with Crippen LogP contribution in [0.15, 0.2) is 12.1 Å². The Morgan fingerprint density at radius 2 is 1.75 bits per heavy atom. The summed E-state index contributed by atoms with van der Waals surface area (Å²) >= 11 is 0. The lowest BCUT2D eigenvalue weighted by Gasteiger charge is -2.16. The monoisotopic (exact) mass is 284 g/mol. The molecule has 0 heterocycles. The van der Waals surface area contributed by atoms with Crippen LogP contribution in [-0.4, -0.2) is 11.2 Å². The molecule has 0 aliphatic rings. The predicted molar refractivity (Wildman–Crippen MR) is 72.5 cm³/mol. The topological polar surface area (TPSA) is 20.2 Å². The number of hydrogen-bond acceptors (Lipinski definition) is 1.